The number of amides is 1. The molecule has 0 saturated carbocycles. The number of hydrogen-bond donors (Lipinski definition) is 1. The van der Waals surface area contributed by atoms with Crippen molar-refractivity contribution in [2.45, 2.75) is 50.7 Å². The van der Waals surface area contributed by atoms with E-state index in [1.807, 2.05) is 0 Å². The van der Waals surface area contributed by atoms with Gasteiger partial charge in [-0.25, -0.2) is 0 Å². The van der Waals surface area contributed by atoms with E-state index < -0.39 is 0 Å². The third-order valence-corrected chi connectivity index (χ3v) is 7.64. The quantitative estimate of drug-likeness (QED) is 0.853. The van der Waals surface area contributed by atoms with E-state index in [0.29, 0.717) is 19.1 Å². The molecule has 3 heterocycles. The first kappa shape index (κ1) is 19.8. The van der Waals surface area contributed by atoms with Gasteiger partial charge in [0.15, 0.2) is 0 Å². The summed E-state index contributed by atoms with van der Waals surface area (Å²) in [6.07, 6.45) is 4.36. The molecule has 2 fully saturated rings. The zero-order valence-electron chi connectivity index (χ0n) is 18.0. The molecule has 0 unspecified atom stereocenters. The minimum absolute atomic E-state index is 0.0204. The Hall–Kier alpha value is -2.17. The van der Waals surface area contributed by atoms with Gasteiger partial charge in [0.1, 0.15) is 5.92 Å². The average Bonchev–Trinajstić information content (AvgIpc) is 3.23. The standard InChI is InChI=1S/C26H32N2O2/c1-2-19-11-8-12-22-21(19)16-30-18-26(22)17-27-15-23(26)25(29)28-14-7-6-13-24(28)20-9-4-3-5-10-20/h3-5,8-12,23-24,27H,2,6-7,13-18H2,1H3/p+1/t23-,24-,26+/m0/s1. The Morgan fingerprint density at radius 2 is 2.03 bits per heavy atom. The molecular weight excluding hydrogens is 372 g/mol. The van der Waals surface area contributed by atoms with Crippen LogP contribution in [0, 0.1) is 5.92 Å². The van der Waals surface area contributed by atoms with Gasteiger partial charge in [-0.15, -0.1) is 0 Å². The summed E-state index contributed by atoms with van der Waals surface area (Å²) in [6.45, 7) is 6.21. The number of nitrogens with two attached hydrogens (primary N) is 1. The summed E-state index contributed by atoms with van der Waals surface area (Å²) in [4.78, 5) is 16.3. The molecule has 0 aromatic heterocycles. The topological polar surface area (TPSA) is 46.1 Å². The SMILES string of the molecule is CCc1cccc2c1COC[C@]21C[NH2+]C[C@H]1C(=O)N1CCCC[C@H]1c1ccccc1. The highest BCUT2D eigenvalue weighted by Crippen LogP contribution is 2.43. The van der Waals surface area contributed by atoms with Gasteiger partial charge < -0.3 is 15.0 Å². The Labute approximate surface area is 179 Å². The van der Waals surface area contributed by atoms with E-state index in [1.165, 1.54) is 28.7 Å². The normalized spacial score (nSPS) is 28.5. The second-order valence-corrected chi connectivity index (χ2v) is 9.18. The summed E-state index contributed by atoms with van der Waals surface area (Å²) >= 11 is 0. The molecule has 3 aliphatic rings. The highest BCUT2D eigenvalue weighted by Gasteiger charge is 2.55. The van der Waals surface area contributed by atoms with Crippen LogP contribution in [0.1, 0.15) is 54.5 Å². The molecule has 0 aliphatic carbocycles. The molecule has 2 aromatic rings. The minimum atomic E-state index is -0.200. The molecule has 2 aromatic carbocycles. The van der Waals surface area contributed by atoms with Gasteiger partial charge >= 0.3 is 0 Å². The number of fused-ring (bicyclic) bond motifs is 2. The number of aryl methyl sites for hydroxylation is 1. The second kappa shape index (κ2) is 8.16. The molecule has 0 radical (unpaired) electrons. The number of nitrogens with zero attached hydrogens (tertiary/aromatic N) is 1. The highest BCUT2D eigenvalue weighted by atomic mass is 16.5. The predicted molar refractivity (Wildman–Crippen MR) is 117 cm³/mol. The van der Waals surface area contributed by atoms with Crippen LogP contribution in [-0.2, 0) is 28.0 Å². The van der Waals surface area contributed by atoms with Crippen molar-refractivity contribution in [1.82, 2.24) is 4.90 Å². The summed E-state index contributed by atoms with van der Waals surface area (Å²) in [7, 11) is 0. The number of likely N-dealkylation sites (tertiary alicyclic amines) is 1. The van der Waals surface area contributed by atoms with Crippen LogP contribution in [0.15, 0.2) is 48.5 Å². The third kappa shape index (κ3) is 3.17. The predicted octanol–water partition coefficient (Wildman–Crippen LogP) is 2.96. The first-order chi connectivity index (χ1) is 14.7. The molecule has 2 N–H and O–H groups in total. The van der Waals surface area contributed by atoms with E-state index in [1.54, 1.807) is 0 Å². The maximum absolute atomic E-state index is 14.1. The number of carbonyl (C=O) groups is 1. The summed E-state index contributed by atoms with van der Waals surface area (Å²) < 4.78 is 6.16. The van der Waals surface area contributed by atoms with E-state index in [0.717, 1.165) is 38.9 Å². The highest BCUT2D eigenvalue weighted by molar-refractivity contribution is 5.82. The van der Waals surface area contributed by atoms with Crippen molar-refractivity contribution in [2.75, 3.05) is 26.2 Å². The zero-order chi connectivity index (χ0) is 20.6. The number of carbonyl (C=O) groups excluding carboxylic acids is 1. The molecule has 0 bridgehead atoms. The lowest BCUT2D eigenvalue weighted by Gasteiger charge is -2.42. The number of quaternary nitrogens is 1. The first-order valence-electron chi connectivity index (χ1n) is 11.6. The molecule has 158 valence electrons. The lowest BCUT2D eigenvalue weighted by molar-refractivity contribution is -0.640. The summed E-state index contributed by atoms with van der Waals surface area (Å²) in [6, 6.07) is 17.5. The molecule has 3 aliphatic heterocycles. The van der Waals surface area contributed by atoms with Gasteiger partial charge in [0.05, 0.1) is 37.8 Å². The van der Waals surface area contributed by atoms with Gasteiger partial charge in [0.2, 0.25) is 5.91 Å². The molecule has 3 atom stereocenters. The maximum Gasteiger partial charge on any atom is 0.233 e. The number of benzene rings is 2. The van der Waals surface area contributed by atoms with Crippen LogP contribution in [0.4, 0.5) is 0 Å². The van der Waals surface area contributed by atoms with Crippen molar-refractivity contribution in [3.05, 3.63) is 70.8 Å². The van der Waals surface area contributed by atoms with E-state index >= 15 is 0 Å². The largest absolute Gasteiger partial charge is 0.376 e. The molecular formula is C26H33N2O2+. The van der Waals surface area contributed by atoms with Crippen molar-refractivity contribution in [1.29, 1.82) is 0 Å². The number of rotatable bonds is 3. The van der Waals surface area contributed by atoms with Crippen LogP contribution in [-0.4, -0.2) is 37.0 Å². The maximum atomic E-state index is 14.1. The number of ether oxygens (including phenoxy) is 1. The van der Waals surface area contributed by atoms with Gasteiger partial charge in [0.25, 0.3) is 0 Å². The molecule has 1 spiro atoms. The Morgan fingerprint density at radius 3 is 2.87 bits per heavy atom. The first-order valence-corrected chi connectivity index (χ1v) is 11.6. The third-order valence-electron chi connectivity index (χ3n) is 7.64. The van der Waals surface area contributed by atoms with Gasteiger partial charge in [-0.3, -0.25) is 4.79 Å². The fourth-order valence-corrected chi connectivity index (χ4v) is 6.10. The van der Waals surface area contributed by atoms with Crippen molar-refractivity contribution >= 4 is 5.91 Å². The van der Waals surface area contributed by atoms with Crippen LogP contribution in [0.5, 0.6) is 0 Å². The van der Waals surface area contributed by atoms with Crippen LogP contribution in [0.25, 0.3) is 0 Å². The van der Waals surface area contributed by atoms with Crippen molar-refractivity contribution in [2.24, 2.45) is 5.92 Å². The molecule has 4 nitrogen and oxygen atoms in total. The number of piperidine rings is 1. The van der Waals surface area contributed by atoms with E-state index in [4.69, 9.17) is 4.74 Å². The van der Waals surface area contributed by atoms with E-state index in [-0.39, 0.29) is 17.4 Å². The zero-order valence-corrected chi connectivity index (χ0v) is 18.0. The van der Waals surface area contributed by atoms with E-state index in [2.05, 4.69) is 65.7 Å². The van der Waals surface area contributed by atoms with Crippen LogP contribution >= 0.6 is 0 Å². The van der Waals surface area contributed by atoms with Gasteiger partial charge in [-0.1, -0.05) is 55.5 Å². The molecule has 2 saturated heterocycles. The second-order valence-electron chi connectivity index (χ2n) is 9.18. The summed E-state index contributed by atoms with van der Waals surface area (Å²) in [5, 5.41) is 2.33. The lowest BCUT2D eigenvalue weighted by atomic mass is 9.68. The van der Waals surface area contributed by atoms with Crippen molar-refractivity contribution in [3.8, 4) is 0 Å². The monoisotopic (exact) mass is 405 g/mol. The Kier molecular flexibility index (Phi) is 5.38. The van der Waals surface area contributed by atoms with Crippen molar-refractivity contribution < 1.29 is 14.8 Å². The van der Waals surface area contributed by atoms with Crippen LogP contribution < -0.4 is 5.32 Å². The smallest absolute Gasteiger partial charge is 0.233 e. The summed E-state index contributed by atoms with van der Waals surface area (Å²) in [5.74, 6) is 0.309. The Morgan fingerprint density at radius 1 is 1.17 bits per heavy atom. The fourth-order valence-electron chi connectivity index (χ4n) is 6.10. The average molecular weight is 406 g/mol. The van der Waals surface area contributed by atoms with Crippen LogP contribution in [0.3, 0.4) is 0 Å². The Bertz CT molecular complexity index is 913. The van der Waals surface area contributed by atoms with E-state index in [9.17, 15) is 4.79 Å². The minimum Gasteiger partial charge on any atom is -0.376 e. The summed E-state index contributed by atoms with van der Waals surface area (Å²) in [5.41, 5.74) is 5.14. The van der Waals surface area contributed by atoms with Crippen molar-refractivity contribution in [3.63, 3.8) is 0 Å². The van der Waals surface area contributed by atoms with Gasteiger partial charge in [-0.2, -0.15) is 0 Å². The fraction of sp³-hybridized carbons (Fsp3) is 0.500. The Balaban J connectivity index is 1.51. The van der Waals surface area contributed by atoms with Gasteiger partial charge in [-0.05, 0) is 47.9 Å². The van der Waals surface area contributed by atoms with Gasteiger partial charge in [0, 0.05) is 6.54 Å². The molecule has 5 rings (SSSR count). The molecule has 1 amide bonds. The lowest BCUT2D eigenvalue weighted by Crippen LogP contribution is -2.82. The number of hydrogen-bond acceptors (Lipinski definition) is 2. The molecule has 30 heavy (non-hydrogen) atoms. The molecule has 4 heteroatoms. The van der Waals surface area contributed by atoms with Crippen LogP contribution in [0.2, 0.25) is 0 Å².